The number of hydrogen-bond donors (Lipinski definition) is 0. The van der Waals surface area contributed by atoms with Gasteiger partial charge in [0.05, 0.1) is 0 Å². The Morgan fingerprint density at radius 1 is 1.16 bits per heavy atom. The molecule has 0 N–H and O–H groups in total. The summed E-state index contributed by atoms with van der Waals surface area (Å²) in [5.74, 6) is 0. The van der Waals surface area contributed by atoms with E-state index < -0.39 is 0 Å². The third-order valence-electron chi connectivity index (χ3n) is 3.62. The molecule has 0 saturated carbocycles. The quantitative estimate of drug-likeness (QED) is 0.807. The number of benzene rings is 1. The van der Waals surface area contributed by atoms with E-state index in [1.165, 1.54) is 43.6 Å². The Balaban J connectivity index is 1.90. The van der Waals surface area contributed by atoms with Gasteiger partial charge in [0.1, 0.15) is 0 Å². The lowest BCUT2D eigenvalue weighted by Gasteiger charge is -2.29. The van der Waals surface area contributed by atoms with Crippen LogP contribution in [0.5, 0.6) is 0 Å². The van der Waals surface area contributed by atoms with Gasteiger partial charge in [-0.05, 0) is 44.0 Å². The number of hydrogen-bond acceptors (Lipinski definition) is 2. The topological polar surface area (TPSA) is 6.48 Å². The molecule has 0 amide bonds. The summed E-state index contributed by atoms with van der Waals surface area (Å²) < 4.78 is 0. The summed E-state index contributed by atoms with van der Waals surface area (Å²) in [4.78, 5) is 4.74. The van der Waals surface area contributed by atoms with Crippen LogP contribution >= 0.6 is 11.6 Å². The fourth-order valence-corrected chi connectivity index (χ4v) is 2.64. The van der Waals surface area contributed by atoms with Crippen LogP contribution < -0.4 is 4.90 Å². The molecular weight excluding hydrogens is 256 g/mol. The van der Waals surface area contributed by atoms with Crippen molar-refractivity contribution in [3.8, 4) is 0 Å². The molecule has 0 bridgehead atoms. The Kier molecular flexibility index (Phi) is 5.74. The molecule has 2 nitrogen and oxygen atoms in total. The van der Waals surface area contributed by atoms with Crippen LogP contribution in [0.4, 0.5) is 5.69 Å². The monoisotopic (exact) mass is 278 g/mol. The van der Waals surface area contributed by atoms with Crippen LogP contribution in [0.25, 0.3) is 0 Å². The molecule has 3 heteroatoms. The van der Waals surface area contributed by atoms with Gasteiger partial charge in [-0.15, -0.1) is 0 Å². The fourth-order valence-electron chi connectivity index (χ4n) is 2.56. The number of piperidine rings is 1. The van der Waals surface area contributed by atoms with Gasteiger partial charge in [-0.2, -0.15) is 0 Å². The van der Waals surface area contributed by atoms with Crippen LogP contribution in [0.1, 0.15) is 24.8 Å². The van der Waals surface area contributed by atoms with Crippen molar-refractivity contribution in [2.24, 2.45) is 0 Å². The molecule has 2 rings (SSSR count). The molecule has 1 saturated heterocycles. The molecular formula is C16H23ClN2. The van der Waals surface area contributed by atoms with Gasteiger partial charge in [0.2, 0.25) is 0 Å². The largest absolute Gasteiger partial charge is 0.372 e. The Labute approximate surface area is 121 Å². The highest BCUT2D eigenvalue weighted by molar-refractivity contribution is 6.25. The van der Waals surface area contributed by atoms with E-state index in [4.69, 9.17) is 11.6 Å². The Morgan fingerprint density at radius 3 is 2.47 bits per heavy atom. The maximum atomic E-state index is 5.54. The SMILES string of the molecule is CN(C/C=C/Cl)Cc1ccc(N2CCCCC2)cc1. The molecule has 0 atom stereocenters. The third kappa shape index (κ3) is 4.55. The highest BCUT2D eigenvalue weighted by Crippen LogP contribution is 2.20. The number of nitrogens with zero attached hydrogens (tertiary/aromatic N) is 2. The first-order valence-corrected chi connectivity index (χ1v) is 7.51. The molecule has 1 aromatic carbocycles. The number of halogens is 1. The lowest BCUT2D eigenvalue weighted by atomic mass is 10.1. The molecule has 0 unspecified atom stereocenters. The maximum Gasteiger partial charge on any atom is 0.0366 e. The zero-order valence-electron chi connectivity index (χ0n) is 11.7. The van der Waals surface area contributed by atoms with Gasteiger partial charge in [0, 0.05) is 37.4 Å². The number of likely N-dealkylation sites (N-methyl/N-ethyl adjacent to an activating group) is 1. The summed E-state index contributed by atoms with van der Waals surface area (Å²) in [6, 6.07) is 8.99. The normalized spacial score (nSPS) is 16.5. The van der Waals surface area contributed by atoms with Crippen LogP contribution in [-0.4, -0.2) is 31.6 Å². The van der Waals surface area contributed by atoms with Gasteiger partial charge in [0.25, 0.3) is 0 Å². The second kappa shape index (κ2) is 7.56. The van der Waals surface area contributed by atoms with Crippen molar-refractivity contribution in [3.05, 3.63) is 41.4 Å². The smallest absolute Gasteiger partial charge is 0.0366 e. The summed E-state index contributed by atoms with van der Waals surface area (Å²) >= 11 is 5.54. The third-order valence-corrected chi connectivity index (χ3v) is 3.79. The van der Waals surface area contributed by atoms with E-state index in [0.29, 0.717) is 0 Å². The summed E-state index contributed by atoms with van der Waals surface area (Å²) in [6.45, 7) is 4.26. The van der Waals surface area contributed by atoms with Gasteiger partial charge in [-0.1, -0.05) is 29.8 Å². The van der Waals surface area contributed by atoms with Gasteiger partial charge >= 0.3 is 0 Å². The van der Waals surface area contributed by atoms with E-state index in [-0.39, 0.29) is 0 Å². The molecule has 0 aliphatic carbocycles. The summed E-state index contributed by atoms with van der Waals surface area (Å²) in [5.41, 5.74) is 4.30. The highest BCUT2D eigenvalue weighted by Gasteiger charge is 2.10. The predicted molar refractivity (Wildman–Crippen MR) is 83.8 cm³/mol. The molecule has 1 aromatic rings. The highest BCUT2D eigenvalue weighted by atomic mass is 35.5. The molecule has 1 fully saturated rings. The average molecular weight is 279 g/mol. The van der Waals surface area contributed by atoms with E-state index in [0.717, 1.165) is 13.1 Å². The molecule has 0 radical (unpaired) electrons. The van der Waals surface area contributed by atoms with Crippen molar-refractivity contribution < 1.29 is 0 Å². The molecule has 0 aromatic heterocycles. The van der Waals surface area contributed by atoms with Crippen molar-refractivity contribution in [1.82, 2.24) is 4.90 Å². The molecule has 1 aliphatic rings. The molecule has 19 heavy (non-hydrogen) atoms. The first-order valence-electron chi connectivity index (χ1n) is 7.07. The Morgan fingerprint density at radius 2 is 1.84 bits per heavy atom. The predicted octanol–water partition coefficient (Wildman–Crippen LogP) is 3.86. The van der Waals surface area contributed by atoms with Crippen LogP contribution in [0.15, 0.2) is 35.9 Å². The lowest BCUT2D eigenvalue weighted by Crippen LogP contribution is -2.29. The van der Waals surface area contributed by atoms with E-state index in [1.54, 1.807) is 5.54 Å². The standard InChI is InChI=1S/C16H23ClN2/c1-18(11-5-10-17)14-15-6-8-16(9-7-15)19-12-3-2-4-13-19/h5-10H,2-4,11-14H2,1H3/b10-5+. The molecule has 0 spiro atoms. The van der Waals surface area contributed by atoms with Crippen LogP contribution in [0, 0.1) is 0 Å². The second-order valence-electron chi connectivity index (χ2n) is 5.27. The van der Waals surface area contributed by atoms with Crippen molar-refractivity contribution >= 4 is 17.3 Å². The summed E-state index contributed by atoms with van der Waals surface area (Å²) in [7, 11) is 2.11. The van der Waals surface area contributed by atoms with Gasteiger partial charge < -0.3 is 4.90 Å². The first-order chi connectivity index (χ1) is 9.29. The minimum atomic E-state index is 0.886. The number of anilines is 1. The Bertz CT molecular complexity index is 394. The minimum absolute atomic E-state index is 0.886. The van der Waals surface area contributed by atoms with Crippen molar-refractivity contribution in [1.29, 1.82) is 0 Å². The molecule has 1 aliphatic heterocycles. The minimum Gasteiger partial charge on any atom is -0.372 e. The van der Waals surface area contributed by atoms with Crippen molar-refractivity contribution in [2.75, 3.05) is 31.6 Å². The second-order valence-corrected chi connectivity index (χ2v) is 5.52. The van der Waals surface area contributed by atoms with Crippen molar-refractivity contribution in [2.45, 2.75) is 25.8 Å². The van der Waals surface area contributed by atoms with E-state index >= 15 is 0 Å². The van der Waals surface area contributed by atoms with Gasteiger partial charge in [-0.3, -0.25) is 4.90 Å². The van der Waals surface area contributed by atoms with E-state index in [9.17, 15) is 0 Å². The maximum absolute atomic E-state index is 5.54. The fraction of sp³-hybridized carbons (Fsp3) is 0.500. The lowest BCUT2D eigenvalue weighted by molar-refractivity contribution is 0.363. The van der Waals surface area contributed by atoms with Crippen molar-refractivity contribution in [3.63, 3.8) is 0 Å². The van der Waals surface area contributed by atoms with Crippen LogP contribution in [-0.2, 0) is 6.54 Å². The average Bonchev–Trinajstić information content (AvgIpc) is 2.47. The number of rotatable bonds is 5. The first kappa shape index (κ1) is 14.4. The van der Waals surface area contributed by atoms with Gasteiger partial charge in [0.15, 0.2) is 0 Å². The van der Waals surface area contributed by atoms with E-state index in [1.807, 2.05) is 6.08 Å². The zero-order valence-corrected chi connectivity index (χ0v) is 12.4. The summed E-state index contributed by atoms with van der Waals surface area (Å²) in [6.07, 6.45) is 6.00. The molecule has 104 valence electrons. The zero-order chi connectivity index (χ0) is 13.5. The van der Waals surface area contributed by atoms with E-state index in [2.05, 4.69) is 41.1 Å². The summed E-state index contributed by atoms with van der Waals surface area (Å²) in [5, 5.41) is 0. The van der Waals surface area contributed by atoms with Crippen LogP contribution in [0.2, 0.25) is 0 Å². The van der Waals surface area contributed by atoms with Gasteiger partial charge in [-0.25, -0.2) is 0 Å². The van der Waals surface area contributed by atoms with Crippen LogP contribution in [0.3, 0.4) is 0 Å². The Hall–Kier alpha value is -0.990. The molecule has 1 heterocycles.